The zero-order valence-corrected chi connectivity index (χ0v) is 17.1. The molecule has 1 atom stereocenters. The van der Waals surface area contributed by atoms with E-state index < -0.39 is 0 Å². The molecule has 0 radical (unpaired) electrons. The average Bonchev–Trinajstić information content (AvgIpc) is 3.04. The number of nitrogens with one attached hydrogen (secondary N) is 1. The van der Waals surface area contributed by atoms with Crippen LogP contribution in [0.3, 0.4) is 0 Å². The summed E-state index contributed by atoms with van der Waals surface area (Å²) in [5.41, 5.74) is 4.16. The molecular formula is C21H27ClN4O. The Labute approximate surface area is 166 Å². The van der Waals surface area contributed by atoms with Crippen LogP contribution >= 0.6 is 12.4 Å². The molecule has 2 heterocycles. The first-order valence-corrected chi connectivity index (χ1v) is 9.17. The highest BCUT2D eigenvalue weighted by molar-refractivity contribution is 5.85. The van der Waals surface area contributed by atoms with Gasteiger partial charge >= 0.3 is 0 Å². The second-order valence-electron chi connectivity index (χ2n) is 6.99. The molecule has 1 amide bonds. The molecule has 0 saturated carbocycles. The largest absolute Gasteiger partial charge is 0.348 e. The first kappa shape index (κ1) is 20.9. The zero-order chi connectivity index (χ0) is 18.7. The Morgan fingerprint density at radius 2 is 1.85 bits per heavy atom. The van der Waals surface area contributed by atoms with E-state index in [9.17, 15) is 4.79 Å². The molecule has 0 aliphatic rings. The van der Waals surface area contributed by atoms with Crippen molar-refractivity contribution in [2.24, 2.45) is 0 Å². The number of pyridine rings is 1. The van der Waals surface area contributed by atoms with Gasteiger partial charge in [-0.1, -0.05) is 38.1 Å². The van der Waals surface area contributed by atoms with Gasteiger partial charge in [0.2, 0.25) is 5.91 Å². The van der Waals surface area contributed by atoms with Crippen molar-refractivity contribution in [3.8, 4) is 0 Å². The Balaban J connectivity index is 0.00000261. The fourth-order valence-electron chi connectivity index (χ4n) is 3.05. The summed E-state index contributed by atoms with van der Waals surface area (Å²) in [7, 11) is 0. The third kappa shape index (κ3) is 4.86. The lowest BCUT2D eigenvalue weighted by Crippen LogP contribution is -2.28. The summed E-state index contributed by atoms with van der Waals surface area (Å²) in [5.74, 6) is 0.497. The maximum absolute atomic E-state index is 12.4. The highest BCUT2D eigenvalue weighted by atomic mass is 35.5. The van der Waals surface area contributed by atoms with Gasteiger partial charge in [0.25, 0.3) is 0 Å². The summed E-state index contributed by atoms with van der Waals surface area (Å²) >= 11 is 0. The van der Waals surface area contributed by atoms with Gasteiger partial charge in [-0.2, -0.15) is 5.10 Å². The summed E-state index contributed by atoms with van der Waals surface area (Å²) < 4.78 is 1.91. The van der Waals surface area contributed by atoms with Crippen LogP contribution in [0.2, 0.25) is 0 Å². The van der Waals surface area contributed by atoms with Crippen LogP contribution in [-0.2, 0) is 17.8 Å². The molecule has 0 aliphatic heterocycles. The normalized spacial score (nSPS) is 12.0. The molecule has 144 valence electrons. The van der Waals surface area contributed by atoms with E-state index in [-0.39, 0.29) is 24.4 Å². The second-order valence-corrected chi connectivity index (χ2v) is 6.99. The van der Waals surface area contributed by atoms with Crippen molar-refractivity contribution in [1.29, 1.82) is 0 Å². The lowest BCUT2D eigenvalue weighted by Gasteiger charge is -2.14. The molecule has 2 aromatic heterocycles. The van der Waals surface area contributed by atoms with Gasteiger partial charge in [0.15, 0.2) is 0 Å². The average molecular weight is 387 g/mol. The van der Waals surface area contributed by atoms with Crippen LogP contribution in [0, 0.1) is 0 Å². The van der Waals surface area contributed by atoms with Crippen molar-refractivity contribution >= 4 is 29.2 Å². The first-order chi connectivity index (χ1) is 12.5. The second kappa shape index (κ2) is 9.00. The number of carbonyl (C=O) groups is 1. The zero-order valence-electron chi connectivity index (χ0n) is 16.3. The van der Waals surface area contributed by atoms with Gasteiger partial charge in [-0.05, 0) is 37.0 Å². The minimum atomic E-state index is -0.146. The number of aromatic nitrogens is 3. The fourth-order valence-corrected chi connectivity index (χ4v) is 3.05. The number of benzene rings is 1. The van der Waals surface area contributed by atoms with E-state index in [2.05, 4.69) is 48.3 Å². The van der Waals surface area contributed by atoms with Crippen LogP contribution < -0.4 is 5.32 Å². The van der Waals surface area contributed by atoms with Gasteiger partial charge in [-0.25, -0.2) is 0 Å². The van der Waals surface area contributed by atoms with E-state index >= 15 is 0 Å². The van der Waals surface area contributed by atoms with E-state index in [1.165, 1.54) is 5.56 Å². The van der Waals surface area contributed by atoms with E-state index in [0.29, 0.717) is 12.3 Å². The number of fused-ring (bicyclic) bond motifs is 1. The Kier molecular flexibility index (Phi) is 6.97. The van der Waals surface area contributed by atoms with Crippen molar-refractivity contribution in [2.45, 2.75) is 52.6 Å². The number of carbonyl (C=O) groups excluding carboxylic acids is 1. The predicted molar refractivity (Wildman–Crippen MR) is 111 cm³/mol. The highest BCUT2D eigenvalue weighted by Crippen LogP contribution is 2.18. The molecule has 27 heavy (non-hydrogen) atoms. The fraction of sp³-hybridized carbons (Fsp3) is 0.381. The minimum Gasteiger partial charge on any atom is -0.348 e. The van der Waals surface area contributed by atoms with Gasteiger partial charge in [-0.15, -0.1) is 12.4 Å². The van der Waals surface area contributed by atoms with Crippen molar-refractivity contribution < 1.29 is 4.79 Å². The Bertz CT molecular complexity index is 902. The van der Waals surface area contributed by atoms with Crippen LogP contribution in [0.15, 0.2) is 42.7 Å². The summed E-state index contributed by atoms with van der Waals surface area (Å²) in [6, 6.07) is 10.1. The third-order valence-corrected chi connectivity index (χ3v) is 4.68. The van der Waals surface area contributed by atoms with Crippen molar-refractivity contribution in [3.05, 3.63) is 59.5 Å². The number of hydrogen-bond acceptors (Lipinski definition) is 3. The minimum absolute atomic E-state index is 0. The molecule has 0 unspecified atom stereocenters. The Morgan fingerprint density at radius 3 is 2.48 bits per heavy atom. The predicted octanol–water partition coefficient (Wildman–Crippen LogP) is 4.42. The van der Waals surface area contributed by atoms with Crippen molar-refractivity contribution in [1.82, 2.24) is 20.1 Å². The number of amides is 1. The maximum Gasteiger partial charge on any atom is 0.224 e. The number of rotatable bonds is 6. The van der Waals surface area contributed by atoms with E-state index in [1.54, 1.807) is 0 Å². The lowest BCUT2D eigenvalue weighted by atomic mass is 10.0. The summed E-state index contributed by atoms with van der Waals surface area (Å²) in [6.45, 7) is 9.15. The molecule has 3 aromatic rings. The smallest absolute Gasteiger partial charge is 0.224 e. The molecule has 0 spiro atoms. The molecule has 0 fully saturated rings. The Morgan fingerprint density at radius 1 is 1.15 bits per heavy atom. The number of hydrogen-bond donors (Lipinski definition) is 1. The highest BCUT2D eigenvalue weighted by Gasteiger charge is 2.13. The standard InChI is InChI=1S/C21H26N4O.ClH/c1-5-25-20-13-22-19(11-18(20)12-23-25)15(4)24-21(26)10-16-6-8-17(9-7-16)14(2)3;/h6-9,11-15H,5,10H2,1-4H3,(H,24,26);1H/t15-;/m1./s1. The van der Waals surface area contributed by atoms with Crippen LogP contribution in [0.4, 0.5) is 0 Å². The summed E-state index contributed by atoms with van der Waals surface area (Å²) in [6.07, 6.45) is 4.04. The molecule has 0 aliphatic carbocycles. The lowest BCUT2D eigenvalue weighted by molar-refractivity contribution is -0.121. The summed E-state index contributed by atoms with van der Waals surface area (Å²) in [4.78, 5) is 16.9. The molecule has 0 bridgehead atoms. The molecule has 3 rings (SSSR count). The van der Waals surface area contributed by atoms with Crippen LogP contribution in [0.1, 0.15) is 56.5 Å². The van der Waals surface area contributed by atoms with Gasteiger partial charge in [0.05, 0.1) is 36.1 Å². The van der Waals surface area contributed by atoms with Crippen LogP contribution in [0.5, 0.6) is 0 Å². The number of nitrogens with zero attached hydrogens (tertiary/aromatic N) is 3. The van der Waals surface area contributed by atoms with E-state index in [1.807, 2.05) is 42.2 Å². The number of halogens is 1. The van der Waals surface area contributed by atoms with Gasteiger partial charge in [0, 0.05) is 11.9 Å². The van der Waals surface area contributed by atoms with Crippen LogP contribution in [-0.4, -0.2) is 20.7 Å². The molecular weight excluding hydrogens is 360 g/mol. The molecule has 1 N–H and O–H groups in total. The Hall–Kier alpha value is -2.40. The van der Waals surface area contributed by atoms with E-state index in [0.717, 1.165) is 28.7 Å². The van der Waals surface area contributed by atoms with Crippen molar-refractivity contribution in [2.75, 3.05) is 0 Å². The van der Waals surface area contributed by atoms with Gasteiger partial charge < -0.3 is 5.32 Å². The SMILES string of the molecule is CCn1ncc2cc([C@@H](C)NC(=O)Cc3ccc(C(C)C)cc3)ncc21.Cl. The third-order valence-electron chi connectivity index (χ3n) is 4.68. The van der Waals surface area contributed by atoms with Crippen LogP contribution in [0.25, 0.3) is 10.9 Å². The van der Waals surface area contributed by atoms with Gasteiger partial charge in [-0.3, -0.25) is 14.5 Å². The molecule has 5 nitrogen and oxygen atoms in total. The van der Waals surface area contributed by atoms with E-state index in [4.69, 9.17) is 0 Å². The van der Waals surface area contributed by atoms with Crippen molar-refractivity contribution in [3.63, 3.8) is 0 Å². The molecule has 6 heteroatoms. The number of aryl methyl sites for hydroxylation is 1. The monoisotopic (exact) mass is 386 g/mol. The quantitative estimate of drug-likeness (QED) is 0.682. The first-order valence-electron chi connectivity index (χ1n) is 9.17. The maximum atomic E-state index is 12.4. The molecule has 1 aromatic carbocycles. The topological polar surface area (TPSA) is 59.8 Å². The van der Waals surface area contributed by atoms with Gasteiger partial charge in [0.1, 0.15) is 0 Å². The molecule has 0 saturated heterocycles. The summed E-state index contributed by atoms with van der Waals surface area (Å²) in [5, 5.41) is 8.42.